The zero-order valence-corrected chi connectivity index (χ0v) is 25.4. The van der Waals surface area contributed by atoms with Crippen molar-refractivity contribution in [3.05, 3.63) is 11.6 Å². The fourth-order valence-electron chi connectivity index (χ4n) is 5.68. The van der Waals surface area contributed by atoms with E-state index in [0.717, 1.165) is 0 Å². The van der Waals surface area contributed by atoms with Crippen molar-refractivity contribution in [3.63, 3.8) is 0 Å². The molecule has 0 spiro atoms. The van der Waals surface area contributed by atoms with Crippen molar-refractivity contribution in [1.82, 2.24) is 10.6 Å². The van der Waals surface area contributed by atoms with Crippen LogP contribution in [0.3, 0.4) is 0 Å². The number of hydrogen-bond acceptors (Lipinski definition) is 15. The second-order valence-electron chi connectivity index (χ2n) is 11.2. The Morgan fingerprint density at radius 1 is 0.932 bits per heavy atom. The number of hydrogen-bond donors (Lipinski definition) is 9. The topological polar surface area (TPSA) is 246 Å². The first-order valence-corrected chi connectivity index (χ1v) is 15.0. The van der Waals surface area contributed by atoms with Crippen LogP contribution >= 0.6 is 0 Å². The molecule has 0 radical (unpaired) electrons. The molecule has 2 fully saturated rings. The molecule has 3 aliphatic rings. The first-order valence-electron chi connectivity index (χ1n) is 15.0. The molecule has 254 valence electrons. The molecule has 0 aromatic heterocycles. The number of rotatable bonds is 13. The molecule has 16 heteroatoms. The van der Waals surface area contributed by atoms with E-state index in [0.29, 0.717) is 12.8 Å². The van der Waals surface area contributed by atoms with E-state index in [1.807, 2.05) is 13.8 Å². The number of nitrogens with one attached hydrogen (secondary N) is 2. The predicted octanol–water partition coefficient (Wildman–Crippen LogP) is -3.46. The van der Waals surface area contributed by atoms with Crippen molar-refractivity contribution in [2.75, 3.05) is 19.8 Å². The Hall–Kier alpha value is -1.80. The van der Waals surface area contributed by atoms with Gasteiger partial charge in [-0.25, -0.2) is 4.79 Å². The Labute approximate surface area is 255 Å². The van der Waals surface area contributed by atoms with E-state index in [9.17, 15) is 45.3 Å². The highest BCUT2D eigenvalue weighted by Crippen LogP contribution is 2.31. The Balaban J connectivity index is 1.84. The molecular weight excluding hydrogens is 588 g/mol. The third kappa shape index (κ3) is 8.51. The van der Waals surface area contributed by atoms with Crippen LogP contribution in [0.1, 0.15) is 47.0 Å². The molecule has 0 bridgehead atoms. The molecule has 0 aromatic rings. The van der Waals surface area contributed by atoms with Gasteiger partial charge in [-0.3, -0.25) is 10.1 Å². The lowest BCUT2D eigenvalue weighted by molar-refractivity contribution is -0.343. The van der Waals surface area contributed by atoms with Crippen molar-refractivity contribution >= 4 is 11.9 Å². The lowest BCUT2D eigenvalue weighted by Crippen LogP contribution is -2.69. The third-order valence-electron chi connectivity index (χ3n) is 8.14. The van der Waals surface area contributed by atoms with Crippen molar-refractivity contribution in [3.8, 4) is 0 Å². The molecule has 1 amide bonds. The molecule has 2 unspecified atom stereocenters. The van der Waals surface area contributed by atoms with Gasteiger partial charge in [-0.05, 0) is 32.3 Å². The van der Waals surface area contributed by atoms with Gasteiger partial charge in [-0.1, -0.05) is 13.8 Å². The van der Waals surface area contributed by atoms with E-state index < -0.39 is 98.7 Å². The molecule has 3 rings (SSSR count). The van der Waals surface area contributed by atoms with Gasteiger partial charge in [0.05, 0.1) is 38.1 Å². The van der Waals surface area contributed by atoms with Gasteiger partial charge in [-0.2, -0.15) is 0 Å². The Bertz CT molecular complexity index is 963. The van der Waals surface area contributed by atoms with Gasteiger partial charge >= 0.3 is 5.97 Å². The Morgan fingerprint density at radius 3 is 2.16 bits per heavy atom. The summed E-state index contributed by atoms with van der Waals surface area (Å²) < 4.78 is 28.3. The summed E-state index contributed by atoms with van der Waals surface area (Å²) in [5.74, 6) is -0.954. The molecule has 0 saturated carbocycles. The van der Waals surface area contributed by atoms with E-state index in [1.165, 1.54) is 6.92 Å². The summed E-state index contributed by atoms with van der Waals surface area (Å²) in [4.78, 5) is 25.0. The Kier molecular flexibility index (Phi) is 13.9. The maximum atomic E-state index is 12.8. The predicted molar refractivity (Wildman–Crippen MR) is 150 cm³/mol. The summed E-state index contributed by atoms with van der Waals surface area (Å²) >= 11 is 0. The van der Waals surface area contributed by atoms with Crippen molar-refractivity contribution in [2.24, 2.45) is 0 Å². The molecule has 16 nitrogen and oxygen atoms in total. The van der Waals surface area contributed by atoms with Crippen LogP contribution in [0.2, 0.25) is 0 Å². The highest BCUT2D eigenvalue weighted by molar-refractivity contribution is 5.89. The highest BCUT2D eigenvalue weighted by Gasteiger charge is 2.51. The van der Waals surface area contributed by atoms with Gasteiger partial charge < -0.3 is 64.7 Å². The van der Waals surface area contributed by atoms with Crippen LogP contribution in [0.25, 0.3) is 0 Å². The minimum atomic E-state index is -1.80. The van der Waals surface area contributed by atoms with Crippen molar-refractivity contribution < 1.29 is 69.0 Å². The highest BCUT2D eigenvalue weighted by atomic mass is 16.7. The lowest BCUT2D eigenvalue weighted by atomic mass is 9.86. The number of amides is 1. The van der Waals surface area contributed by atoms with E-state index in [2.05, 4.69) is 10.6 Å². The average molecular weight is 637 g/mol. The summed E-state index contributed by atoms with van der Waals surface area (Å²) in [5, 5.41) is 78.2. The van der Waals surface area contributed by atoms with Crippen molar-refractivity contribution in [1.29, 1.82) is 0 Å². The summed E-state index contributed by atoms with van der Waals surface area (Å²) in [7, 11) is 0. The monoisotopic (exact) mass is 636 g/mol. The van der Waals surface area contributed by atoms with Crippen LogP contribution in [-0.4, -0.2) is 153 Å². The van der Waals surface area contributed by atoms with Crippen LogP contribution in [-0.2, 0) is 33.3 Å². The third-order valence-corrected chi connectivity index (χ3v) is 8.14. The van der Waals surface area contributed by atoms with Gasteiger partial charge in [0.25, 0.3) is 0 Å². The number of carbonyl (C=O) groups excluding carboxylic acids is 2. The molecule has 0 aromatic carbocycles. The second-order valence-corrected chi connectivity index (χ2v) is 11.2. The Morgan fingerprint density at radius 2 is 1.59 bits per heavy atom. The van der Waals surface area contributed by atoms with Gasteiger partial charge in [0.15, 0.2) is 6.29 Å². The van der Waals surface area contributed by atoms with E-state index in [4.69, 9.17) is 23.7 Å². The van der Waals surface area contributed by atoms with Crippen LogP contribution in [0.4, 0.5) is 0 Å². The molecular formula is C28H48N2O14. The zero-order chi connectivity index (χ0) is 32.7. The smallest absolute Gasteiger partial charge is 0.333 e. The van der Waals surface area contributed by atoms with Gasteiger partial charge in [-0.15, -0.1) is 0 Å². The zero-order valence-electron chi connectivity index (χ0n) is 25.4. The summed E-state index contributed by atoms with van der Waals surface area (Å²) in [5.41, 5.74) is 0.273. The van der Waals surface area contributed by atoms with E-state index in [1.54, 1.807) is 13.0 Å². The number of carbonyl (C=O) groups is 2. The van der Waals surface area contributed by atoms with Gasteiger partial charge in [0.1, 0.15) is 55.1 Å². The minimum absolute atomic E-state index is 0.0316. The molecule has 1 aliphatic carbocycles. The van der Waals surface area contributed by atoms with Gasteiger partial charge in [0, 0.05) is 18.5 Å². The average Bonchev–Trinajstić information content (AvgIpc) is 3.00. The molecule has 2 aliphatic heterocycles. The number of aliphatic hydroxyl groups excluding tert-OH is 7. The van der Waals surface area contributed by atoms with Crippen molar-refractivity contribution in [2.45, 2.75) is 133 Å². The fraction of sp³-hybridized carbons (Fsp3) is 0.857. The maximum Gasteiger partial charge on any atom is 0.333 e. The maximum absolute atomic E-state index is 12.8. The quantitative estimate of drug-likeness (QED) is 0.0892. The number of esters is 1. The number of ether oxygens (including phenoxy) is 5. The lowest BCUT2D eigenvalue weighted by Gasteiger charge is -2.47. The standard InChI is InChI=1S/C28H48N2O14/c1-5-14(6-2)41-16-9-13(27(39)40-7-3)8-15(19(16)29-12(4)33)30-26-23(37)22(36)25(18(11-32)42-26)44-28-24(38)21(35)20(34)17(10-31)43-28/h9,14-26,28,30-32,34-38H,5-8,10-11H2,1-4H3,(H,29,33)/t15-,16+,17-,18-,19?,20-,21-,22+,23-,24-,25-,26-,28?/m0/s1. The first kappa shape index (κ1) is 36.7. The molecule has 2 saturated heterocycles. The molecule has 2 heterocycles. The fourth-order valence-corrected chi connectivity index (χ4v) is 5.68. The minimum Gasteiger partial charge on any atom is -0.463 e. The van der Waals surface area contributed by atoms with E-state index in [-0.39, 0.29) is 30.6 Å². The normalized spacial score (nSPS) is 39.5. The van der Waals surface area contributed by atoms with Crippen LogP contribution in [0.15, 0.2) is 11.6 Å². The summed E-state index contributed by atoms with van der Waals surface area (Å²) in [6.07, 6.45) is -13.7. The number of aliphatic hydroxyl groups is 7. The molecule has 13 atom stereocenters. The second kappa shape index (κ2) is 16.7. The van der Waals surface area contributed by atoms with Gasteiger partial charge in [0.2, 0.25) is 5.91 Å². The molecule has 9 N–H and O–H groups in total. The summed E-state index contributed by atoms with van der Waals surface area (Å²) in [6.45, 7) is 5.58. The van der Waals surface area contributed by atoms with Crippen LogP contribution in [0.5, 0.6) is 0 Å². The summed E-state index contributed by atoms with van der Waals surface area (Å²) in [6, 6.07) is -1.52. The first-order chi connectivity index (χ1) is 20.9. The van der Waals surface area contributed by atoms with E-state index >= 15 is 0 Å². The van der Waals surface area contributed by atoms with Crippen LogP contribution in [0, 0.1) is 0 Å². The SMILES string of the molecule is CCOC(=O)C1=C[C@@H](OC(CC)CC)C(NC(C)=O)[C@@H](N[C@H]2O[C@@H](CO)[C@H](OC3O[C@@H](CO)[C@H](O)[C@H](O)[C@@H]3O)[C@H](O)[C@@H]2O)C1. The van der Waals surface area contributed by atoms with Crippen LogP contribution < -0.4 is 10.6 Å². The molecule has 44 heavy (non-hydrogen) atoms. The largest absolute Gasteiger partial charge is 0.463 e.